The number of hydrogen-bond acceptors (Lipinski definition) is 4. The summed E-state index contributed by atoms with van der Waals surface area (Å²) in [6.45, 7) is 0. The number of ether oxygens (including phenoxy) is 1. The van der Waals surface area contributed by atoms with Gasteiger partial charge in [-0.2, -0.15) is 0 Å². The van der Waals surface area contributed by atoms with Crippen LogP contribution in [0.3, 0.4) is 0 Å². The molecule has 0 aliphatic heterocycles. The van der Waals surface area contributed by atoms with Crippen LogP contribution in [0.15, 0.2) is 40.1 Å². The Hall–Kier alpha value is -1.14. The molecule has 2 rings (SSSR count). The maximum absolute atomic E-state index is 12.6. The zero-order valence-corrected chi connectivity index (χ0v) is 13.7. The predicted molar refractivity (Wildman–Crippen MR) is 81.6 cm³/mol. The number of phenolic OH excluding ortho intramolecular Hbond substituents is 1. The van der Waals surface area contributed by atoms with E-state index in [4.69, 9.17) is 39.5 Å². The molecular weight excluding hydrogens is 359 g/mol. The van der Waals surface area contributed by atoms with Gasteiger partial charge in [0, 0.05) is 6.07 Å². The number of halogens is 3. The van der Waals surface area contributed by atoms with E-state index in [1.54, 1.807) is 0 Å². The van der Waals surface area contributed by atoms with Gasteiger partial charge in [-0.25, -0.2) is 8.42 Å². The molecule has 0 bridgehead atoms. The van der Waals surface area contributed by atoms with Crippen molar-refractivity contribution in [3.05, 3.63) is 45.4 Å². The number of phenols is 1. The van der Waals surface area contributed by atoms with Crippen LogP contribution in [-0.2, 0) is 9.84 Å². The van der Waals surface area contributed by atoms with Crippen molar-refractivity contribution in [1.29, 1.82) is 0 Å². The molecule has 0 radical (unpaired) electrons. The Bertz CT molecular complexity index is 803. The fourth-order valence-corrected chi connectivity index (χ4v) is 4.31. The van der Waals surface area contributed by atoms with Crippen molar-refractivity contribution < 1.29 is 18.3 Å². The summed E-state index contributed by atoms with van der Waals surface area (Å²) in [5.74, 6) is -0.162. The standard InChI is InChI=1S/C13H9Cl3O4S/c1-20-11-6-7(2-5-10(11)17)21(18,19)13-9(15)4-3-8(14)12(13)16/h2-6,17H,1H3. The maximum atomic E-state index is 12.6. The fraction of sp³-hybridized carbons (Fsp3) is 0.0769. The Kier molecular flexibility index (Phi) is 4.58. The van der Waals surface area contributed by atoms with Crippen molar-refractivity contribution in [3.8, 4) is 11.5 Å². The smallest absolute Gasteiger partial charge is 0.209 e. The van der Waals surface area contributed by atoms with E-state index in [2.05, 4.69) is 0 Å². The molecule has 2 aromatic rings. The van der Waals surface area contributed by atoms with Crippen LogP contribution >= 0.6 is 34.8 Å². The molecule has 0 unspecified atom stereocenters. The van der Waals surface area contributed by atoms with E-state index in [1.807, 2.05) is 0 Å². The van der Waals surface area contributed by atoms with Gasteiger partial charge in [0.2, 0.25) is 9.84 Å². The number of methoxy groups -OCH3 is 1. The van der Waals surface area contributed by atoms with Crippen LogP contribution in [0, 0.1) is 0 Å². The van der Waals surface area contributed by atoms with E-state index in [1.165, 1.54) is 37.4 Å². The lowest BCUT2D eigenvalue weighted by Gasteiger charge is -2.11. The molecule has 0 amide bonds. The van der Waals surface area contributed by atoms with Crippen molar-refractivity contribution in [1.82, 2.24) is 0 Å². The minimum absolute atomic E-state index is 0.0188. The Labute approximate surface area is 136 Å². The van der Waals surface area contributed by atoms with Crippen LogP contribution in [0.1, 0.15) is 0 Å². The van der Waals surface area contributed by atoms with Gasteiger partial charge in [-0.05, 0) is 24.3 Å². The van der Waals surface area contributed by atoms with Gasteiger partial charge in [0.1, 0.15) is 4.90 Å². The van der Waals surface area contributed by atoms with Gasteiger partial charge < -0.3 is 9.84 Å². The average Bonchev–Trinajstić information content (AvgIpc) is 2.43. The van der Waals surface area contributed by atoms with E-state index in [9.17, 15) is 13.5 Å². The second kappa shape index (κ2) is 5.93. The first-order valence-electron chi connectivity index (χ1n) is 5.54. The van der Waals surface area contributed by atoms with Crippen LogP contribution in [-0.4, -0.2) is 20.6 Å². The van der Waals surface area contributed by atoms with Crippen molar-refractivity contribution in [2.45, 2.75) is 9.79 Å². The minimum atomic E-state index is -4.01. The highest BCUT2D eigenvalue weighted by molar-refractivity contribution is 7.91. The maximum Gasteiger partial charge on any atom is 0.209 e. The molecule has 1 N–H and O–H groups in total. The highest BCUT2D eigenvalue weighted by Crippen LogP contribution is 2.39. The van der Waals surface area contributed by atoms with Crippen molar-refractivity contribution >= 4 is 44.6 Å². The Morgan fingerprint density at radius 2 is 1.67 bits per heavy atom. The van der Waals surface area contributed by atoms with Gasteiger partial charge in [0.25, 0.3) is 0 Å². The average molecular weight is 368 g/mol. The largest absolute Gasteiger partial charge is 0.504 e. The highest BCUT2D eigenvalue weighted by Gasteiger charge is 2.26. The molecule has 0 saturated carbocycles. The molecule has 0 saturated heterocycles. The normalized spacial score (nSPS) is 11.4. The molecule has 0 fully saturated rings. The Morgan fingerprint density at radius 1 is 1.05 bits per heavy atom. The molecule has 4 nitrogen and oxygen atoms in total. The van der Waals surface area contributed by atoms with E-state index in [0.717, 1.165) is 0 Å². The van der Waals surface area contributed by atoms with Crippen LogP contribution in [0.25, 0.3) is 0 Å². The number of hydrogen-bond donors (Lipinski definition) is 1. The summed E-state index contributed by atoms with van der Waals surface area (Å²) in [6, 6.07) is 6.36. The van der Waals surface area contributed by atoms with E-state index in [-0.39, 0.29) is 36.4 Å². The minimum Gasteiger partial charge on any atom is -0.504 e. The molecule has 0 spiro atoms. The van der Waals surface area contributed by atoms with E-state index >= 15 is 0 Å². The summed E-state index contributed by atoms with van der Waals surface area (Å²) in [5.41, 5.74) is 0. The molecule has 0 heterocycles. The van der Waals surface area contributed by atoms with E-state index in [0.29, 0.717) is 0 Å². The SMILES string of the molecule is COc1cc(S(=O)(=O)c2c(Cl)ccc(Cl)c2Cl)ccc1O. The van der Waals surface area contributed by atoms with Gasteiger partial charge in [-0.15, -0.1) is 0 Å². The van der Waals surface area contributed by atoms with Crippen molar-refractivity contribution in [2.75, 3.05) is 7.11 Å². The lowest BCUT2D eigenvalue weighted by atomic mass is 10.3. The molecule has 112 valence electrons. The summed E-state index contributed by atoms with van der Waals surface area (Å²) in [7, 11) is -2.70. The van der Waals surface area contributed by atoms with Crippen molar-refractivity contribution in [3.63, 3.8) is 0 Å². The first-order valence-corrected chi connectivity index (χ1v) is 8.16. The molecule has 2 aromatic carbocycles. The van der Waals surface area contributed by atoms with Crippen LogP contribution in [0.5, 0.6) is 11.5 Å². The highest BCUT2D eigenvalue weighted by atomic mass is 35.5. The summed E-state index contributed by atoms with van der Waals surface area (Å²) in [6.07, 6.45) is 0. The zero-order chi connectivity index (χ0) is 15.8. The number of aromatic hydroxyl groups is 1. The topological polar surface area (TPSA) is 63.6 Å². The van der Waals surface area contributed by atoms with Gasteiger partial charge in [-0.1, -0.05) is 34.8 Å². The third-order valence-electron chi connectivity index (χ3n) is 2.73. The second-order valence-electron chi connectivity index (χ2n) is 4.01. The molecule has 0 aliphatic rings. The van der Waals surface area contributed by atoms with Gasteiger partial charge in [-0.3, -0.25) is 0 Å². The quantitative estimate of drug-likeness (QED) is 0.826. The lowest BCUT2D eigenvalue weighted by Crippen LogP contribution is -2.04. The Balaban J connectivity index is 2.71. The monoisotopic (exact) mass is 366 g/mol. The summed E-state index contributed by atoms with van der Waals surface area (Å²) in [4.78, 5) is -0.408. The van der Waals surface area contributed by atoms with Gasteiger partial charge in [0.05, 0.1) is 27.1 Å². The fourth-order valence-electron chi connectivity index (χ4n) is 1.70. The molecule has 8 heteroatoms. The van der Waals surface area contributed by atoms with Crippen LogP contribution in [0.2, 0.25) is 15.1 Å². The Morgan fingerprint density at radius 3 is 2.29 bits per heavy atom. The second-order valence-corrected chi connectivity index (χ2v) is 7.09. The van der Waals surface area contributed by atoms with E-state index < -0.39 is 9.84 Å². The number of benzene rings is 2. The molecule has 0 aromatic heterocycles. The van der Waals surface area contributed by atoms with Gasteiger partial charge in [0.15, 0.2) is 11.5 Å². The summed E-state index contributed by atoms with van der Waals surface area (Å²) in [5, 5.41) is 9.40. The third-order valence-corrected chi connectivity index (χ3v) is 5.91. The van der Waals surface area contributed by atoms with Gasteiger partial charge >= 0.3 is 0 Å². The lowest BCUT2D eigenvalue weighted by molar-refractivity contribution is 0.372. The van der Waals surface area contributed by atoms with Crippen LogP contribution in [0.4, 0.5) is 0 Å². The molecule has 0 atom stereocenters. The predicted octanol–water partition coefficient (Wildman–Crippen LogP) is 4.19. The summed E-state index contributed by atoms with van der Waals surface area (Å²) >= 11 is 17.7. The van der Waals surface area contributed by atoms with Crippen LogP contribution < -0.4 is 4.74 Å². The molecule has 21 heavy (non-hydrogen) atoms. The first kappa shape index (κ1) is 16.2. The third kappa shape index (κ3) is 2.92. The molecular formula is C13H9Cl3O4S. The molecule has 0 aliphatic carbocycles. The summed E-state index contributed by atoms with van der Waals surface area (Å²) < 4.78 is 30.2. The number of rotatable bonds is 3. The first-order chi connectivity index (χ1) is 9.78. The zero-order valence-electron chi connectivity index (χ0n) is 10.6. The van der Waals surface area contributed by atoms with Crippen molar-refractivity contribution in [2.24, 2.45) is 0 Å². The number of sulfone groups is 1.